The number of hydrogen-bond acceptors (Lipinski definition) is 5. The topological polar surface area (TPSA) is 96.0 Å². The quantitative estimate of drug-likeness (QED) is 0.327. The van der Waals surface area contributed by atoms with Crippen LogP contribution in [0, 0.1) is 0 Å². The highest BCUT2D eigenvalue weighted by molar-refractivity contribution is 7.92. The van der Waals surface area contributed by atoms with Crippen LogP contribution in [0.15, 0.2) is 78.9 Å². The Bertz CT molecular complexity index is 1410. The third kappa shape index (κ3) is 7.99. The van der Waals surface area contributed by atoms with E-state index in [-0.39, 0.29) is 18.5 Å². The molecule has 2 amide bonds. The number of nitrogens with zero attached hydrogens (tertiary/aromatic N) is 2. The van der Waals surface area contributed by atoms with E-state index in [1.54, 1.807) is 49.4 Å². The third-order valence-electron chi connectivity index (χ3n) is 6.89. The number of carbonyl (C=O) groups excluding carboxylic acids is 2. The van der Waals surface area contributed by atoms with Crippen molar-refractivity contribution in [3.05, 3.63) is 89.4 Å². The number of nitrogens with one attached hydrogen (secondary N) is 1. The van der Waals surface area contributed by atoms with Crippen molar-refractivity contribution in [3.8, 4) is 11.5 Å². The highest BCUT2D eigenvalue weighted by Gasteiger charge is 2.31. The van der Waals surface area contributed by atoms with Crippen molar-refractivity contribution in [1.82, 2.24) is 10.2 Å². The fourth-order valence-corrected chi connectivity index (χ4v) is 5.79. The summed E-state index contributed by atoms with van der Waals surface area (Å²) in [6, 6.07) is 22.0. The molecule has 0 unspecified atom stereocenters. The first kappa shape index (κ1) is 29.4. The molecule has 0 aromatic heterocycles. The van der Waals surface area contributed by atoms with Crippen LogP contribution in [-0.2, 0) is 26.2 Å². The van der Waals surface area contributed by atoms with Crippen molar-refractivity contribution >= 4 is 39.1 Å². The Morgan fingerprint density at radius 2 is 1.62 bits per heavy atom. The number of benzene rings is 3. The summed E-state index contributed by atoms with van der Waals surface area (Å²) in [5, 5.41) is 3.55. The van der Waals surface area contributed by atoms with Gasteiger partial charge in [-0.15, -0.1) is 0 Å². The zero-order valence-electron chi connectivity index (χ0n) is 22.6. The van der Waals surface area contributed by atoms with E-state index in [0.717, 1.165) is 41.8 Å². The summed E-state index contributed by atoms with van der Waals surface area (Å²) < 4.78 is 32.5. The number of rotatable bonds is 11. The minimum atomic E-state index is -3.84. The van der Waals surface area contributed by atoms with Crippen LogP contribution in [0.5, 0.6) is 11.5 Å². The lowest BCUT2D eigenvalue weighted by molar-refractivity contribution is -0.139. The van der Waals surface area contributed by atoms with E-state index in [1.165, 1.54) is 4.90 Å². The summed E-state index contributed by atoms with van der Waals surface area (Å²) >= 11 is 6.17. The average molecular weight is 584 g/mol. The zero-order chi connectivity index (χ0) is 28.7. The fraction of sp³-hybridized carbons (Fsp3) is 0.333. The van der Waals surface area contributed by atoms with E-state index < -0.39 is 28.5 Å². The highest BCUT2D eigenvalue weighted by atomic mass is 35.5. The molecule has 1 fully saturated rings. The summed E-state index contributed by atoms with van der Waals surface area (Å²) in [5.74, 6) is 0.390. The molecule has 1 aliphatic carbocycles. The van der Waals surface area contributed by atoms with Crippen molar-refractivity contribution in [2.24, 2.45) is 0 Å². The summed E-state index contributed by atoms with van der Waals surface area (Å²) in [5.41, 5.74) is 1.04. The van der Waals surface area contributed by atoms with E-state index in [0.29, 0.717) is 22.2 Å². The summed E-state index contributed by atoms with van der Waals surface area (Å²) in [7, 11) is -3.84. The van der Waals surface area contributed by atoms with Gasteiger partial charge >= 0.3 is 0 Å². The van der Waals surface area contributed by atoms with Crippen LogP contribution in [0.25, 0.3) is 0 Å². The first-order valence-electron chi connectivity index (χ1n) is 13.2. The minimum Gasteiger partial charge on any atom is -0.457 e. The Hall–Kier alpha value is -3.56. The maximum absolute atomic E-state index is 13.7. The molecule has 40 heavy (non-hydrogen) atoms. The number of anilines is 1. The Morgan fingerprint density at radius 1 is 0.975 bits per heavy atom. The van der Waals surface area contributed by atoms with Gasteiger partial charge in [0.05, 0.1) is 11.9 Å². The molecule has 3 aromatic rings. The largest absolute Gasteiger partial charge is 0.457 e. The fourth-order valence-electron chi connectivity index (χ4n) is 4.73. The molecule has 3 aromatic carbocycles. The molecule has 8 nitrogen and oxygen atoms in total. The molecule has 0 saturated heterocycles. The minimum absolute atomic E-state index is 0.0854. The lowest BCUT2D eigenvalue weighted by Crippen LogP contribution is -2.52. The first-order valence-corrected chi connectivity index (χ1v) is 15.5. The Morgan fingerprint density at radius 3 is 2.25 bits per heavy atom. The molecule has 1 atom stereocenters. The standard InChI is InChI=1S/C30H34ClN3O5S/c1-22(30(36)32-25-11-6-7-12-25)33(20-23-9-8-10-24(31)19-23)29(35)21-34(40(2,37)38)26-15-17-28(18-16-26)39-27-13-4-3-5-14-27/h3-5,8-10,13-19,22,25H,6-7,11-12,20-21H2,1-2H3,(H,32,36)/t22-/m0/s1. The summed E-state index contributed by atoms with van der Waals surface area (Å²) in [4.78, 5) is 28.3. The van der Waals surface area contributed by atoms with Crippen LogP contribution in [0.1, 0.15) is 38.2 Å². The normalized spacial score (nSPS) is 14.4. The van der Waals surface area contributed by atoms with Crippen LogP contribution in [-0.4, -0.2) is 50.0 Å². The second-order valence-corrected chi connectivity index (χ2v) is 12.3. The first-order chi connectivity index (χ1) is 19.1. The lowest BCUT2D eigenvalue weighted by atomic mass is 10.1. The van der Waals surface area contributed by atoms with Crippen LogP contribution in [0.3, 0.4) is 0 Å². The van der Waals surface area contributed by atoms with Crippen LogP contribution >= 0.6 is 11.6 Å². The van der Waals surface area contributed by atoms with Gasteiger partial charge in [-0.1, -0.05) is 54.8 Å². The van der Waals surface area contributed by atoms with Crippen molar-refractivity contribution in [1.29, 1.82) is 0 Å². The highest BCUT2D eigenvalue weighted by Crippen LogP contribution is 2.26. The van der Waals surface area contributed by atoms with Gasteiger partial charge in [0.25, 0.3) is 0 Å². The van der Waals surface area contributed by atoms with Crippen LogP contribution in [0.2, 0.25) is 5.02 Å². The average Bonchev–Trinajstić information content (AvgIpc) is 3.43. The van der Waals surface area contributed by atoms with E-state index in [2.05, 4.69) is 5.32 Å². The monoisotopic (exact) mass is 583 g/mol. The zero-order valence-corrected chi connectivity index (χ0v) is 24.2. The molecule has 0 aliphatic heterocycles. The molecule has 212 valence electrons. The van der Waals surface area contributed by atoms with Gasteiger partial charge in [-0.2, -0.15) is 0 Å². The van der Waals surface area contributed by atoms with Crippen molar-refractivity contribution in [3.63, 3.8) is 0 Å². The second-order valence-electron chi connectivity index (χ2n) is 10.00. The SMILES string of the molecule is C[C@@H](C(=O)NC1CCCC1)N(Cc1cccc(Cl)c1)C(=O)CN(c1ccc(Oc2ccccc2)cc1)S(C)(=O)=O. The van der Waals surface area contributed by atoms with Crippen LogP contribution < -0.4 is 14.4 Å². The number of ether oxygens (including phenoxy) is 1. The summed E-state index contributed by atoms with van der Waals surface area (Å²) in [6.45, 7) is 1.28. The number of carbonyl (C=O) groups is 2. The van der Waals surface area contributed by atoms with Crippen molar-refractivity contribution < 1.29 is 22.7 Å². The molecule has 1 N–H and O–H groups in total. The van der Waals surface area contributed by atoms with Gasteiger partial charge in [-0.3, -0.25) is 13.9 Å². The maximum Gasteiger partial charge on any atom is 0.244 e. The lowest BCUT2D eigenvalue weighted by Gasteiger charge is -2.32. The van der Waals surface area contributed by atoms with Crippen molar-refractivity contribution in [2.75, 3.05) is 17.1 Å². The molecule has 0 radical (unpaired) electrons. The van der Waals surface area contributed by atoms with Gasteiger partial charge in [-0.25, -0.2) is 8.42 Å². The van der Waals surface area contributed by atoms with E-state index >= 15 is 0 Å². The second kappa shape index (κ2) is 13.2. The maximum atomic E-state index is 13.7. The molecule has 1 saturated carbocycles. The molecule has 0 heterocycles. The van der Waals surface area contributed by atoms with Gasteiger partial charge < -0.3 is 15.0 Å². The van der Waals surface area contributed by atoms with E-state index in [4.69, 9.17) is 16.3 Å². The number of para-hydroxylation sites is 1. The molecule has 0 bridgehead atoms. The third-order valence-corrected chi connectivity index (χ3v) is 8.27. The van der Waals surface area contributed by atoms with Gasteiger partial charge in [0.2, 0.25) is 21.8 Å². The summed E-state index contributed by atoms with van der Waals surface area (Å²) in [6.07, 6.45) is 4.98. The smallest absolute Gasteiger partial charge is 0.244 e. The van der Waals surface area contributed by atoms with Gasteiger partial charge in [-0.05, 0) is 73.9 Å². The molecular formula is C30H34ClN3O5S. The van der Waals surface area contributed by atoms with Gasteiger partial charge in [0, 0.05) is 17.6 Å². The Labute approximate surface area is 240 Å². The van der Waals surface area contributed by atoms with Crippen molar-refractivity contribution in [2.45, 2.75) is 51.2 Å². The number of halogens is 1. The predicted octanol–water partition coefficient (Wildman–Crippen LogP) is 5.37. The molecule has 1 aliphatic rings. The van der Waals surface area contributed by atoms with Crippen LogP contribution in [0.4, 0.5) is 5.69 Å². The van der Waals surface area contributed by atoms with E-state index in [9.17, 15) is 18.0 Å². The molecular weight excluding hydrogens is 550 g/mol. The van der Waals surface area contributed by atoms with Gasteiger partial charge in [0.15, 0.2) is 0 Å². The number of hydrogen-bond donors (Lipinski definition) is 1. The number of sulfonamides is 1. The van der Waals surface area contributed by atoms with E-state index in [1.807, 2.05) is 36.4 Å². The molecule has 4 rings (SSSR count). The predicted molar refractivity (Wildman–Crippen MR) is 157 cm³/mol. The Balaban J connectivity index is 1.55. The van der Waals surface area contributed by atoms with Gasteiger partial charge in [0.1, 0.15) is 24.1 Å². The molecule has 10 heteroatoms. The molecule has 0 spiro atoms. The number of amides is 2. The Kier molecular flexibility index (Phi) is 9.71.